The molecule has 0 spiro atoms. The van der Waals surface area contributed by atoms with Gasteiger partial charge < -0.3 is 87.3 Å². The van der Waals surface area contributed by atoms with E-state index >= 15 is 0 Å². The molecular weight excluding hydrogens is 1310 g/mol. The maximum atomic E-state index is 8.73. The Balaban J connectivity index is 0.748. The number of hydrogen-bond acceptors (Lipinski definition) is 20. The van der Waals surface area contributed by atoms with Crippen molar-refractivity contribution in [1.29, 1.82) is 0 Å². The van der Waals surface area contributed by atoms with E-state index in [2.05, 4.69) is 0 Å². The van der Waals surface area contributed by atoms with Crippen LogP contribution >= 0.6 is 0 Å². The van der Waals surface area contributed by atoms with Crippen LogP contribution in [0.5, 0.6) is 0 Å². The van der Waals surface area contributed by atoms with E-state index in [4.69, 9.17) is 87.3 Å². The van der Waals surface area contributed by atoms with Crippen LogP contribution < -0.4 is 0 Å². The smallest absolute Gasteiger partial charge is 0.375 e. The van der Waals surface area contributed by atoms with Crippen molar-refractivity contribution in [2.75, 3.05) is 0 Å². The average Bonchev–Trinajstić information content (AvgIpc) is 1.28. The molecular formula is C64H104O20Si8. The summed E-state index contributed by atoms with van der Waals surface area (Å²) in [6, 6.07) is 4.47. The van der Waals surface area contributed by atoms with Crippen LogP contribution in [0.3, 0.4) is 0 Å². The van der Waals surface area contributed by atoms with Gasteiger partial charge >= 0.3 is 70.4 Å². The van der Waals surface area contributed by atoms with E-state index in [1.165, 1.54) is 0 Å². The van der Waals surface area contributed by atoms with Gasteiger partial charge in [-0.15, -0.1) is 0 Å². The summed E-state index contributed by atoms with van der Waals surface area (Å²) in [5, 5.41) is 0. The predicted octanol–water partition coefficient (Wildman–Crippen LogP) is 11.4. The Labute approximate surface area is 553 Å². The van der Waals surface area contributed by atoms with E-state index in [0.29, 0.717) is 187 Å². The van der Waals surface area contributed by atoms with Crippen molar-refractivity contribution in [2.24, 2.45) is 47.3 Å². The summed E-state index contributed by atoms with van der Waals surface area (Å²) in [7, 11) is -33.7. The summed E-state index contributed by atoms with van der Waals surface area (Å²) in [5.74, 6) is 3.22. The molecule has 15 saturated heterocycles. The monoisotopic (exact) mass is 1420 g/mol. The molecule has 0 aromatic heterocycles. The predicted molar refractivity (Wildman–Crippen MR) is 342 cm³/mol. The number of rotatable bonds is 24. The highest BCUT2D eigenvalue weighted by atomic mass is 28.6. The van der Waals surface area contributed by atoms with Gasteiger partial charge in [0.2, 0.25) is 0 Å². The lowest BCUT2D eigenvalue weighted by Crippen LogP contribution is -2.88. The Morgan fingerprint density at radius 2 is 0.370 bits per heavy atom. The van der Waals surface area contributed by atoms with Gasteiger partial charge in [-0.3, -0.25) is 0 Å². The standard InChI is InChI=1S/C64H104O20Si8/c1-10-50-58(66-50)33-41(1)17-25-85-73-86(26-18-42-2-11-51-59(34-42)67-51)76-89(29-21-45-5-14-54-62(37-45)70-54)78-87(74-85,27-19-43-3-12-52-60(35-43)68-52)80-91(31-23-47-7-16-56-64(39-47)72-56)81-88(75-85,28-20-44-4-13-53-61(36-44)69-53)79-90(77-86,30-22-46-6-15-55-63(38-46)71-55)83-92(82-89,84-91)32-24-48-8-9-49-40-57(48)65-49/h41-64H,1-40H2. The first-order chi connectivity index (χ1) is 44.8. The zero-order valence-electron chi connectivity index (χ0n) is 54.3. The molecule has 512 valence electrons. The summed E-state index contributed by atoms with van der Waals surface area (Å²) in [4.78, 5) is 0. The molecule has 20 nitrogen and oxygen atoms in total. The van der Waals surface area contributed by atoms with Crippen LogP contribution in [0.4, 0.5) is 0 Å². The molecule has 24 unspecified atom stereocenters. The molecule has 92 heavy (non-hydrogen) atoms. The van der Waals surface area contributed by atoms with E-state index in [-0.39, 0.29) is 6.10 Å². The maximum Gasteiger partial charge on any atom is 0.478 e. The molecule has 0 aromatic carbocycles. The number of ether oxygens (including phenoxy) is 8. The molecule has 23 fully saturated rings. The van der Waals surface area contributed by atoms with Gasteiger partial charge in [-0.1, -0.05) is 0 Å². The lowest BCUT2D eigenvalue weighted by molar-refractivity contribution is -0.185. The van der Waals surface area contributed by atoms with Gasteiger partial charge in [0.25, 0.3) is 0 Å². The van der Waals surface area contributed by atoms with Gasteiger partial charge in [-0.2, -0.15) is 0 Å². The molecule has 24 atom stereocenters. The average molecular weight is 1420 g/mol. The van der Waals surface area contributed by atoms with E-state index in [1.54, 1.807) is 0 Å². The molecule has 8 saturated carbocycles. The highest BCUT2D eigenvalue weighted by Gasteiger charge is 2.83. The van der Waals surface area contributed by atoms with Gasteiger partial charge in [-0.25, -0.2) is 0 Å². The second kappa shape index (κ2) is 23.2. The molecule has 15 aliphatic heterocycles. The largest absolute Gasteiger partial charge is 0.478 e. The van der Waals surface area contributed by atoms with Gasteiger partial charge in [0.1, 0.15) is 0 Å². The first-order valence-electron chi connectivity index (χ1n) is 38.5. The van der Waals surface area contributed by atoms with Crippen LogP contribution in [0.15, 0.2) is 0 Å². The Hall–Kier alpha value is 0.935. The summed E-state index contributed by atoms with van der Waals surface area (Å²) < 4.78 is 155. The van der Waals surface area contributed by atoms with Crippen LogP contribution in [0.1, 0.15) is 205 Å². The van der Waals surface area contributed by atoms with Crippen molar-refractivity contribution in [3.63, 3.8) is 0 Å². The van der Waals surface area contributed by atoms with Crippen molar-refractivity contribution in [2.45, 2.75) is 351 Å². The highest BCUT2D eigenvalue weighted by molar-refractivity contribution is 7.03. The molecule has 0 radical (unpaired) electrons. The van der Waals surface area contributed by atoms with Crippen LogP contribution in [0, 0.1) is 47.3 Å². The van der Waals surface area contributed by atoms with Crippen molar-refractivity contribution in [1.82, 2.24) is 0 Å². The SMILES string of the molecule is C1CC2OC2CC1CC[Si]12O[Si]3(CCC4CCC5OC5C4)O[Si]4(CCC5CCC6OC6C5)O[Si](CCC5CCC6OC6C5)(O1)O[Si]1(CCC5CCC6OC6C5)O[Si](CCC5CCC6OC6C5)(O2)O[Si](CCC2CCC5OC5C2)(O3)O[Si](CCC2CCC3CC2O3)(O4)O1. The van der Waals surface area contributed by atoms with Crippen molar-refractivity contribution < 1.29 is 87.3 Å². The minimum absolute atomic E-state index is 0.215. The molecule has 23 rings (SSSR count). The zero-order valence-corrected chi connectivity index (χ0v) is 62.3. The second-order valence-electron chi connectivity index (χ2n) is 34.1. The fourth-order valence-electron chi connectivity index (χ4n) is 21.7. The number of fused-ring (bicyclic) bond motifs is 9. The normalized spacial score (nSPS) is 58.4. The topological polar surface area (TPSA) is 208 Å². The number of hydrogen-bond donors (Lipinski definition) is 0. The minimum Gasteiger partial charge on any atom is -0.375 e. The van der Waals surface area contributed by atoms with E-state index in [9.17, 15) is 0 Å². The molecule has 0 amide bonds. The van der Waals surface area contributed by atoms with E-state index in [1.807, 2.05) is 0 Å². The summed E-state index contributed by atoms with van der Waals surface area (Å²) in [6.45, 7) is 0. The Bertz CT molecular complexity index is 2530. The van der Waals surface area contributed by atoms with Crippen LogP contribution in [0.2, 0.25) is 48.4 Å². The third-order valence-electron chi connectivity index (χ3n) is 27.6. The summed E-state index contributed by atoms with van der Waals surface area (Å²) in [5.41, 5.74) is 0. The molecule has 10 bridgehead atoms. The second-order valence-corrected chi connectivity index (χ2v) is 58.8. The molecule has 0 N–H and O–H groups in total. The molecule has 23 aliphatic rings. The van der Waals surface area contributed by atoms with Crippen molar-refractivity contribution in [3.8, 4) is 0 Å². The Morgan fingerprint density at radius 1 is 0.174 bits per heavy atom. The molecule has 28 heteroatoms. The fraction of sp³-hybridized carbons (Fsp3) is 1.00. The first-order valence-corrected chi connectivity index (χ1v) is 54.0. The lowest BCUT2D eigenvalue weighted by atomic mass is 9.79. The Morgan fingerprint density at radius 3 is 0.543 bits per heavy atom. The quantitative estimate of drug-likeness (QED) is 0.0650. The maximum absolute atomic E-state index is 8.73. The molecule has 15 heterocycles. The summed E-state index contributed by atoms with van der Waals surface area (Å²) >= 11 is 0. The van der Waals surface area contributed by atoms with E-state index in [0.717, 1.165) is 205 Å². The fourth-order valence-corrected chi connectivity index (χ4v) is 73.3. The van der Waals surface area contributed by atoms with Crippen LogP contribution in [0.25, 0.3) is 0 Å². The minimum atomic E-state index is -4.22. The molecule has 8 aliphatic carbocycles. The van der Waals surface area contributed by atoms with Crippen molar-refractivity contribution >= 4 is 70.4 Å². The van der Waals surface area contributed by atoms with E-state index < -0.39 is 70.4 Å². The third kappa shape index (κ3) is 12.5. The third-order valence-corrected chi connectivity index (χ3v) is 64.7. The van der Waals surface area contributed by atoms with Gasteiger partial charge in [0.15, 0.2) is 0 Å². The highest BCUT2D eigenvalue weighted by Crippen LogP contribution is 2.60. The van der Waals surface area contributed by atoms with Crippen LogP contribution in [-0.2, 0) is 87.3 Å². The lowest BCUT2D eigenvalue weighted by Gasteiger charge is -2.63. The summed E-state index contributed by atoms with van der Waals surface area (Å²) in [6.07, 6.45) is 38.2. The molecule has 0 aromatic rings. The van der Waals surface area contributed by atoms with Gasteiger partial charge in [0.05, 0.1) is 97.7 Å². The number of epoxide rings is 7. The van der Waals surface area contributed by atoms with Crippen LogP contribution in [-0.4, -0.2) is 168 Å². The van der Waals surface area contributed by atoms with Gasteiger partial charge in [0, 0.05) is 54.8 Å². The first kappa shape index (κ1) is 61.6. The zero-order chi connectivity index (χ0) is 60.3. The van der Waals surface area contributed by atoms with Crippen molar-refractivity contribution in [3.05, 3.63) is 0 Å². The Kier molecular flexibility index (Phi) is 15.5. The van der Waals surface area contributed by atoms with Gasteiger partial charge in [-0.05, 0) is 246 Å².